The molecule has 0 fully saturated rings. The number of aromatic amines is 1. The summed E-state index contributed by atoms with van der Waals surface area (Å²) in [5, 5.41) is 0. The molecule has 0 radical (unpaired) electrons. The van der Waals surface area contributed by atoms with Crippen LogP contribution in [0.1, 0.15) is 13.3 Å². The van der Waals surface area contributed by atoms with Gasteiger partial charge in [-0.3, -0.25) is 0 Å². The van der Waals surface area contributed by atoms with Crippen LogP contribution in [0.4, 0.5) is 0 Å². The van der Waals surface area contributed by atoms with Crippen molar-refractivity contribution in [2.75, 3.05) is 6.61 Å². The fourth-order valence-electron chi connectivity index (χ4n) is 1.49. The van der Waals surface area contributed by atoms with Crippen molar-refractivity contribution in [1.29, 1.82) is 0 Å². The quantitative estimate of drug-likeness (QED) is 0.838. The van der Waals surface area contributed by atoms with Gasteiger partial charge in [-0.2, -0.15) is 4.98 Å². The minimum atomic E-state index is 0.442. The number of hydrogen-bond acceptors (Lipinski definition) is 3. The van der Waals surface area contributed by atoms with Gasteiger partial charge in [0.2, 0.25) is 10.7 Å². The van der Waals surface area contributed by atoms with E-state index in [9.17, 15) is 0 Å². The molecule has 1 aromatic heterocycles. The van der Waals surface area contributed by atoms with Crippen LogP contribution in [0.25, 0.3) is 11.3 Å². The van der Waals surface area contributed by atoms with E-state index in [0.29, 0.717) is 17.3 Å². The summed E-state index contributed by atoms with van der Waals surface area (Å²) >= 11 is 5.09. The highest BCUT2D eigenvalue weighted by Crippen LogP contribution is 2.19. The zero-order chi connectivity index (χ0) is 12.1. The minimum Gasteiger partial charge on any atom is -0.478 e. The first-order valence-electron chi connectivity index (χ1n) is 5.59. The molecule has 0 spiro atoms. The SMILES string of the molecule is CCCOc1cc(-c2ccccc2)[nH]c(=S)n1. The summed E-state index contributed by atoms with van der Waals surface area (Å²) in [4.78, 5) is 7.20. The lowest BCUT2D eigenvalue weighted by Crippen LogP contribution is -1.99. The third kappa shape index (κ3) is 3.14. The molecular weight excluding hydrogens is 232 g/mol. The van der Waals surface area contributed by atoms with E-state index < -0.39 is 0 Å². The molecule has 0 saturated heterocycles. The van der Waals surface area contributed by atoms with Gasteiger partial charge < -0.3 is 9.72 Å². The molecule has 0 bridgehead atoms. The molecule has 1 N–H and O–H groups in total. The molecule has 1 heterocycles. The highest BCUT2D eigenvalue weighted by Gasteiger charge is 2.02. The lowest BCUT2D eigenvalue weighted by atomic mass is 10.1. The monoisotopic (exact) mass is 246 g/mol. The largest absolute Gasteiger partial charge is 0.478 e. The van der Waals surface area contributed by atoms with Crippen molar-refractivity contribution in [2.45, 2.75) is 13.3 Å². The molecule has 2 rings (SSSR count). The Balaban J connectivity index is 2.35. The average Bonchev–Trinajstić information content (AvgIpc) is 2.37. The zero-order valence-electron chi connectivity index (χ0n) is 9.64. The van der Waals surface area contributed by atoms with Crippen molar-refractivity contribution in [3.8, 4) is 17.1 Å². The fraction of sp³-hybridized carbons (Fsp3) is 0.231. The first-order chi connectivity index (χ1) is 8.29. The number of aromatic nitrogens is 2. The minimum absolute atomic E-state index is 0.442. The van der Waals surface area contributed by atoms with Crippen molar-refractivity contribution >= 4 is 12.2 Å². The molecule has 3 nitrogen and oxygen atoms in total. The van der Waals surface area contributed by atoms with Crippen LogP contribution in [-0.2, 0) is 0 Å². The Labute approximate surface area is 105 Å². The van der Waals surface area contributed by atoms with Crippen molar-refractivity contribution < 1.29 is 4.74 Å². The van der Waals surface area contributed by atoms with Gasteiger partial charge in [0.25, 0.3) is 0 Å². The molecule has 2 aromatic rings. The summed E-state index contributed by atoms with van der Waals surface area (Å²) in [5.41, 5.74) is 2.00. The molecule has 0 saturated carbocycles. The van der Waals surface area contributed by atoms with Gasteiger partial charge in [-0.05, 0) is 24.2 Å². The summed E-state index contributed by atoms with van der Waals surface area (Å²) in [7, 11) is 0. The standard InChI is InChI=1S/C13H14N2OS/c1-2-8-16-12-9-11(14-13(17)15-12)10-6-4-3-5-7-10/h3-7,9H,2,8H2,1H3,(H,14,15,17). The lowest BCUT2D eigenvalue weighted by molar-refractivity contribution is 0.304. The topological polar surface area (TPSA) is 37.9 Å². The van der Waals surface area contributed by atoms with E-state index in [1.165, 1.54) is 0 Å². The Bertz CT molecular complexity index is 537. The van der Waals surface area contributed by atoms with Gasteiger partial charge in [-0.1, -0.05) is 37.3 Å². The van der Waals surface area contributed by atoms with Gasteiger partial charge in [0.05, 0.1) is 12.3 Å². The van der Waals surface area contributed by atoms with Crippen molar-refractivity contribution in [3.63, 3.8) is 0 Å². The van der Waals surface area contributed by atoms with Crippen LogP contribution in [0, 0.1) is 4.77 Å². The van der Waals surface area contributed by atoms with Gasteiger partial charge in [-0.25, -0.2) is 0 Å². The summed E-state index contributed by atoms with van der Waals surface area (Å²) in [5.74, 6) is 0.578. The van der Waals surface area contributed by atoms with Gasteiger partial charge in [0.1, 0.15) is 0 Å². The maximum Gasteiger partial charge on any atom is 0.218 e. The second-order valence-electron chi connectivity index (χ2n) is 3.65. The first kappa shape index (κ1) is 11.8. The molecule has 0 aliphatic heterocycles. The number of hydrogen-bond donors (Lipinski definition) is 1. The van der Waals surface area contributed by atoms with E-state index in [-0.39, 0.29) is 0 Å². The molecule has 0 aliphatic carbocycles. The second kappa shape index (κ2) is 5.59. The van der Waals surface area contributed by atoms with Crippen LogP contribution in [0.5, 0.6) is 5.88 Å². The molecule has 0 aliphatic rings. The molecular formula is C13H14N2OS. The highest BCUT2D eigenvalue weighted by molar-refractivity contribution is 7.71. The smallest absolute Gasteiger partial charge is 0.218 e. The number of nitrogens with one attached hydrogen (secondary N) is 1. The van der Waals surface area contributed by atoms with E-state index in [1.807, 2.05) is 36.4 Å². The number of rotatable bonds is 4. The highest BCUT2D eigenvalue weighted by atomic mass is 32.1. The molecule has 4 heteroatoms. The van der Waals surface area contributed by atoms with E-state index in [2.05, 4.69) is 16.9 Å². The lowest BCUT2D eigenvalue weighted by Gasteiger charge is -2.06. The number of nitrogens with zero attached hydrogens (tertiary/aromatic N) is 1. The molecule has 0 atom stereocenters. The Morgan fingerprint density at radius 2 is 2.06 bits per heavy atom. The molecule has 0 amide bonds. The molecule has 17 heavy (non-hydrogen) atoms. The van der Waals surface area contributed by atoms with Crippen LogP contribution in [-0.4, -0.2) is 16.6 Å². The Hall–Kier alpha value is -1.68. The normalized spacial score (nSPS) is 10.2. The molecule has 88 valence electrons. The van der Waals surface area contributed by atoms with Gasteiger partial charge in [0.15, 0.2) is 0 Å². The van der Waals surface area contributed by atoms with Gasteiger partial charge in [0, 0.05) is 6.07 Å². The van der Waals surface area contributed by atoms with Gasteiger partial charge >= 0.3 is 0 Å². The third-order valence-corrected chi connectivity index (χ3v) is 2.45. The predicted octanol–water partition coefficient (Wildman–Crippen LogP) is 3.59. The van der Waals surface area contributed by atoms with Crippen molar-refractivity contribution in [1.82, 2.24) is 9.97 Å². The van der Waals surface area contributed by atoms with E-state index >= 15 is 0 Å². The third-order valence-electron chi connectivity index (χ3n) is 2.26. The molecule has 0 unspecified atom stereocenters. The van der Waals surface area contributed by atoms with Crippen molar-refractivity contribution in [2.24, 2.45) is 0 Å². The Kier molecular flexibility index (Phi) is 3.88. The number of H-pyrrole nitrogens is 1. The first-order valence-corrected chi connectivity index (χ1v) is 6.00. The van der Waals surface area contributed by atoms with Crippen LogP contribution >= 0.6 is 12.2 Å². The van der Waals surface area contributed by atoms with E-state index in [1.54, 1.807) is 0 Å². The van der Waals surface area contributed by atoms with Crippen LogP contribution in [0.3, 0.4) is 0 Å². The fourth-order valence-corrected chi connectivity index (χ4v) is 1.69. The maximum atomic E-state index is 5.50. The average molecular weight is 246 g/mol. The van der Waals surface area contributed by atoms with Gasteiger partial charge in [-0.15, -0.1) is 0 Å². The summed E-state index contributed by atoms with van der Waals surface area (Å²) in [6, 6.07) is 11.9. The van der Waals surface area contributed by atoms with Crippen molar-refractivity contribution in [3.05, 3.63) is 41.2 Å². The summed E-state index contributed by atoms with van der Waals surface area (Å²) in [6.07, 6.45) is 0.952. The Morgan fingerprint density at radius 1 is 1.29 bits per heavy atom. The Morgan fingerprint density at radius 3 is 2.76 bits per heavy atom. The van der Waals surface area contributed by atoms with E-state index in [0.717, 1.165) is 17.7 Å². The van der Waals surface area contributed by atoms with E-state index in [4.69, 9.17) is 17.0 Å². The predicted molar refractivity (Wildman–Crippen MR) is 70.6 cm³/mol. The maximum absolute atomic E-state index is 5.50. The van der Waals surface area contributed by atoms with Crippen LogP contribution in [0.2, 0.25) is 0 Å². The second-order valence-corrected chi connectivity index (χ2v) is 4.04. The zero-order valence-corrected chi connectivity index (χ0v) is 10.5. The van der Waals surface area contributed by atoms with Crippen LogP contribution in [0.15, 0.2) is 36.4 Å². The number of benzene rings is 1. The summed E-state index contributed by atoms with van der Waals surface area (Å²) in [6.45, 7) is 2.71. The molecule has 1 aromatic carbocycles. The van der Waals surface area contributed by atoms with Crippen LogP contribution < -0.4 is 4.74 Å². The summed E-state index contributed by atoms with van der Waals surface area (Å²) < 4.78 is 5.94. The number of ether oxygens (including phenoxy) is 1.